The Hall–Kier alpha value is -2.53. The van der Waals surface area contributed by atoms with Gasteiger partial charge in [0.1, 0.15) is 6.54 Å². The molecule has 0 aromatic heterocycles. The van der Waals surface area contributed by atoms with E-state index < -0.39 is 0 Å². The van der Waals surface area contributed by atoms with Crippen LogP contribution in [0.15, 0.2) is 60.7 Å². The van der Waals surface area contributed by atoms with E-state index in [0.717, 1.165) is 10.6 Å². The number of benzene rings is 2. The van der Waals surface area contributed by atoms with Crippen LogP contribution in [-0.2, 0) is 4.79 Å². The summed E-state index contributed by atoms with van der Waals surface area (Å²) < 4.78 is 0. The van der Waals surface area contributed by atoms with Gasteiger partial charge in [-0.3, -0.25) is 9.59 Å². The number of imide groups is 1. The molecule has 21 heavy (non-hydrogen) atoms. The monoisotopic (exact) mass is 296 g/mol. The molecule has 1 saturated heterocycles. The highest BCUT2D eigenvalue weighted by Gasteiger charge is 2.38. The third kappa shape index (κ3) is 2.43. The van der Waals surface area contributed by atoms with Crippen LogP contribution in [0.3, 0.4) is 0 Å². The van der Waals surface area contributed by atoms with Crippen LogP contribution in [0, 0.1) is 0 Å². The van der Waals surface area contributed by atoms with E-state index in [-0.39, 0.29) is 23.5 Å². The van der Waals surface area contributed by atoms with E-state index in [1.165, 1.54) is 0 Å². The van der Waals surface area contributed by atoms with Crippen molar-refractivity contribution in [1.29, 1.82) is 0 Å². The molecule has 1 fully saturated rings. The summed E-state index contributed by atoms with van der Waals surface area (Å²) in [4.78, 5) is 27.3. The van der Waals surface area contributed by atoms with Gasteiger partial charge < -0.3 is 4.90 Å². The van der Waals surface area contributed by atoms with Gasteiger partial charge >= 0.3 is 0 Å². The molecule has 1 aliphatic heterocycles. The first-order valence-electron chi connectivity index (χ1n) is 6.47. The number of para-hydroxylation sites is 1. The molecule has 2 amide bonds. The summed E-state index contributed by atoms with van der Waals surface area (Å²) in [5.41, 5.74) is 1.25. The fraction of sp³-hybridized carbons (Fsp3) is 0.0625. The van der Waals surface area contributed by atoms with Crippen molar-refractivity contribution < 1.29 is 9.59 Å². The van der Waals surface area contributed by atoms with Crippen LogP contribution >= 0.6 is 12.2 Å². The summed E-state index contributed by atoms with van der Waals surface area (Å²) in [6, 6.07) is 18.0. The third-order valence-electron chi connectivity index (χ3n) is 3.26. The van der Waals surface area contributed by atoms with E-state index in [2.05, 4.69) is 0 Å². The summed E-state index contributed by atoms with van der Waals surface area (Å²) >= 11 is 5.31. The first-order valence-corrected chi connectivity index (χ1v) is 6.88. The maximum Gasteiger partial charge on any atom is 0.266 e. The predicted molar refractivity (Wildman–Crippen MR) is 84.0 cm³/mol. The first-order chi connectivity index (χ1) is 10.2. The van der Waals surface area contributed by atoms with Gasteiger partial charge in [-0.2, -0.15) is 0 Å². The van der Waals surface area contributed by atoms with Crippen molar-refractivity contribution >= 4 is 34.8 Å². The molecular weight excluding hydrogens is 284 g/mol. The fourth-order valence-electron chi connectivity index (χ4n) is 2.22. The standard InChI is InChI=1S/C16H12N2O2S/c19-14-11-17(13-9-5-2-6-10-13)16(21)18(14)15(20)12-7-3-1-4-8-12/h1-10H,11H2. The predicted octanol–water partition coefficient (Wildman–Crippen LogP) is 2.46. The second-order valence-electron chi connectivity index (χ2n) is 4.60. The summed E-state index contributed by atoms with van der Waals surface area (Å²) in [6.45, 7) is 0.0847. The molecule has 0 aliphatic carbocycles. The summed E-state index contributed by atoms with van der Waals surface area (Å²) in [5, 5.41) is 0.222. The zero-order chi connectivity index (χ0) is 14.8. The van der Waals surface area contributed by atoms with Crippen molar-refractivity contribution in [2.24, 2.45) is 0 Å². The minimum atomic E-state index is -0.385. The van der Waals surface area contributed by atoms with Gasteiger partial charge in [-0.15, -0.1) is 0 Å². The number of rotatable bonds is 2. The summed E-state index contributed by atoms with van der Waals surface area (Å²) in [6.07, 6.45) is 0. The molecule has 0 unspecified atom stereocenters. The van der Waals surface area contributed by atoms with E-state index in [1.54, 1.807) is 29.2 Å². The highest BCUT2D eigenvalue weighted by molar-refractivity contribution is 7.80. The number of hydrogen-bond donors (Lipinski definition) is 0. The molecule has 4 nitrogen and oxygen atoms in total. The van der Waals surface area contributed by atoms with Gasteiger partial charge in [0.25, 0.3) is 11.8 Å². The van der Waals surface area contributed by atoms with Crippen molar-refractivity contribution in [2.75, 3.05) is 11.4 Å². The SMILES string of the molecule is O=C1CN(c2ccccc2)C(=S)N1C(=O)c1ccccc1. The number of nitrogens with zero attached hydrogens (tertiary/aromatic N) is 2. The van der Waals surface area contributed by atoms with Gasteiger partial charge in [-0.25, -0.2) is 4.90 Å². The molecule has 0 atom stereocenters. The lowest BCUT2D eigenvalue weighted by Gasteiger charge is -2.19. The second kappa shape index (κ2) is 5.46. The number of carbonyl (C=O) groups excluding carboxylic acids is 2. The Morgan fingerprint density at radius 1 is 0.952 bits per heavy atom. The van der Waals surface area contributed by atoms with Crippen molar-refractivity contribution in [1.82, 2.24) is 4.90 Å². The molecule has 3 rings (SSSR count). The lowest BCUT2D eigenvalue weighted by Crippen LogP contribution is -2.37. The van der Waals surface area contributed by atoms with Crippen molar-refractivity contribution in [2.45, 2.75) is 0 Å². The van der Waals surface area contributed by atoms with E-state index in [4.69, 9.17) is 12.2 Å². The molecule has 104 valence electrons. The zero-order valence-electron chi connectivity index (χ0n) is 11.1. The van der Waals surface area contributed by atoms with E-state index >= 15 is 0 Å². The van der Waals surface area contributed by atoms with E-state index in [9.17, 15) is 9.59 Å². The van der Waals surface area contributed by atoms with Crippen LogP contribution in [0.2, 0.25) is 0 Å². The highest BCUT2D eigenvalue weighted by Crippen LogP contribution is 2.22. The van der Waals surface area contributed by atoms with Gasteiger partial charge in [0.2, 0.25) is 0 Å². The molecule has 0 spiro atoms. The molecular formula is C16H12N2O2S. The van der Waals surface area contributed by atoms with Crippen LogP contribution in [0.25, 0.3) is 0 Å². The van der Waals surface area contributed by atoms with Crippen molar-refractivity contribution in [3.63, 3.8) is 0 Å². The van der Waals surface area contributed by atoms with E-state index in [0.29, 0.717) is 5.56 Å². The Balaban J connectivity index is 1.90. The number of hydrogen-bond acceptors (Lipinski definition) is 3. The summed E-state index contributed by atoms with van der Waals surface area (Å²) in [7, 11) is 0. The number of carbonyl (C=O) groups is 2. The number of thiocarbonyl (C=S) groups is 1. The topological polar surface area (TPSA) is 40.6 Å². The molecule has 0 radical (unpaired) electrons. The maximum atomic E-state index is 12.4. The van der Waals surface area contributed by atoms with Gasteiger partial charge in [0.15, 0.2) is 5.11 Å². The van der Waals surface area contributed by atoms with Gasteiger partial charge in [0, 0.05) is 11.3 Å². The molecule has 2 aromatic carbocycles. The minimum Gasteiger partial charge on any atom is -0.309 e. The number of anilines is 1. The Morgan fingerprint density at radius 2 is 1.52 bits per heavy atom. The van der Waals surface area contributed by atoms with Crippen LogP contribution in [0.5, 0.6) is 0 Å². The van der Waals surface area contributed by atoms with Crippen molar-refractivity contribution in [3.05, 3.63) is 66.2 Å². The van der Waals surface area contributed by atoms with Crippen LogP contribution < -0.4 is 4.90 Å². The Kier molecular flexibility index (Phi) is 3.50. The lowest BCUT2D eigenvalue weighted by molar-refractivity contribution is -0.122. The first kappa shape index (κ1) is 13.5. The summed E-state index contributed by atoms with van der Waals surface area (Å²) in [5.74, 6) is -0.693. The lowest BCUT2D eigenvalue weighted by atomic mass is 10.2. The molecule has 0 saturated carbocycles. The fourth-order valence-corrected chi connectivity index (χ4v) is 2.58. The van der Waals surface area contributed by atoms with Gasteiger partial charge in [0.05, 0.1) is 0 Å². The smallest absolute Gasteiger partial charge is 0.266 e. The van der Waals surface area contributed by atoms with Crippen LogP contribution in [-0.4, -0.2) is 28.4 Å². The number of amides is 2. The van der Waals surface area contributed by atoms with Crippen LogP contribution in [0.4, 0.5) is 5.69 Å². The average Bonchev–Trinajstić information content (AvgIpc) is 2.83. The second-order valence-corrected chi connectivity index (χ2v) is 4.97. The third-order valence-corrected chi connectivity index (χ3v) is 3.66. The molecule has 1 aliphatic rings. The molecule has 1 heterocycles. The Labute approximate surface area is 127 Å². The zero-order valence-corrected chi connectivity index (χ0v) is 11.9. The normalized spacial score (nSPS) is 14.7. The average molecular weight is 296 g/mol. The van der Waals surface area contributed by atoms with Gasteiger partial charge in [-0.05, 0) is 36.5 Å². The molecule has 5 heteroatoms. The van der Waals surface area contributed by atoms with E-state index in [1.807, 2.05) is 36.4 Å². The maximum absolute atomic E-state index is 12.4. The Morgan fingerprint density at radius 3 is 2.14 bits per heavy atom. The van der Waals surface area contributed by atoms with Crippen LogP contribution in [0.1, 0.15) is 10.4 Å². The minimum absolute atomic E-state index is 0.0847. The molecule has 0 bridgehead atoms. The van der Waals surface area contributed by atoms with Gasteiger partial charge in [-0.1, -0.05) is 36.4 Å². The highest BCUT2D eigenvalue weighted by atomic mass is 32.1. The molecule has 2 aromatic rings. The van der Waals surface area contributed by atoms with Crippen molar-refractivity contribution in [3.8, 4) is 0 Å². The quantitative estimate of drug-likeness (QED) is 0.630. The largest absolute Gasteiger partial charge is 0.309 e. The molecule has 0 N–H and O–H groups in total. The Bertz CT molecular complexity index is 701.